The number of anilines is 1. The van der Waals surface area contributed by atoms with Crippen LogP contribution in [-0.4, -0.2) is 21.0 Å². The highest BCUT2D eigenvalue weighted by atomic mass is 15.3. The molecule has 162 valence electrons. The summed E-state index contributed by atoms with van der Waals surface area (Å²) in [5, 5.41) is 10.5. The number of fused-ring (bicyclic) bond motifs is 1. The predicted molar refractivity (Wildman–Crippen MR) is 136 cm³/mol. The summed E-state index contributed by atoms with van der Waals surface area (Å²) in [6.07, 6.45) is 3.80. The van der Waals surface area contributed by atoms with E-state index in [1.54, 1.807) is 6.21 Å². The minimum absolute atomic E-state index is 0.722. The van der Waals surface area contributed by atoms with Crippen molar-refractivity contribution >= 4 is 22.9 Å². The van der Waals surface area contributed by atoms with E-state index in [1.165, 1.54) is 16.5 Å². The van der Waals surface area contributed by atoms with E-state index in [2.05, 4.69) is 55.6 Å². The fourth-order valence-electron chi connectivity index (χ4n) is 4.08. The minimum atomic E-state index is 0.722. The van der Waals surface area contributed by atoms with E-state index in [1.807, 2.05) is 65.5 Å². The Morgan fingerprint density at radius 3 is 2.33 bits per heavy atom. The molecule has 3 aromatic carbocycles. The molecule has 5 aromatic rings. The monoisotopic (exact) mass is 431 g/mol. The van der Waals surface area contributed by atoms with Crippen molar-refractivity contribution in [3.05, 3.63) is 107 Å². The molecule has 0 bridgehead atoms. The quantitative estimate of drug-likeness (QED) is 0.257. The zero-order valence-electron chi connectivity index (χ0n) is 18.9. The second-order valence-corrected chi connectivity index (χ2v) is 8.25. The van der Waals surface area contributed by atoms with Gasteiger partial charge in [-0.3, -0.25) is 5.43 Å². The van der Waals surface area contributed by atoms with E-state index < -0.39 is 0 Å². The Morgan fingerprint density at radius 1 is 0.848 bits per heavy atom. The Balaban J connectivity index is 1.49. The van der Waals surface area contributed by atoms with Crippen LogP contribution in [0.5, 0.6) is 0 Å². The third kappa shape index (κ3) is 4.26. The highest BCUT2D eigenvalue weighted by molar-refractivity contribution is 5.90. The van der Waals surface area contributed by atoms with Gasteiger partial charge in [0.15, 0.2) is 0 Å². The van der Waals surface area contributed by atoms with Gasteiger partial charge in [0.25, 0.3) is 0 Å². The smallest absolute Gasteiger partial charge is 0.147 e. The van der Waals surface area contributed by atoms with Gasteiger partial charge in [0.05, 0.1) is 17.4 Å². The fraction of sp³-hybridized carbons (Fsp3) is 0.107. The Morgan fingerprint density at radius 2 is 1.58 bits per heavy atom. The van der Waals surface area contributed by atoms with Gasteiger partial charge in [-0.05, 0) is 56.2 Å². The molecule has 33 heavy (non-hydrogen) atoms. The van der Waals surface area contributed by atoms with Crippen LogP contribution < -0.4 is 5.43 Å². The first-order chi connectivity index (χ1) is 16.1. The lowest BCUT2D eigenvalue weighted by molar-refractivity contribution is 0.884. The Hall–Kier alpha value is -4.25. The summed E-state index contributed by atoms with van der Waals surface area (Å²) in [7, 11) is 0. The van der Waals surface area contributed by atoms with E-state index in [0.717, 1.165) is 39.4 Å². The summed E-state index contributed by atoms with van der Waals surface area (Å²) in [5.41, 5.74) is 11.5. The number of nitrogens with zero attached hydrogens (tertiary/aromatic N) is 4. The predicted octanol–water partition coefficient (Wildman–Crippen LogP) is 6.46. The number of nitrogens with one attached hydrogen (secondary N) is 1. The number of rotatable bonds is 5. The molecule has 2 heterocycles. The average molecular weight is 432 g/mol. The largest absolute Gasteiger partial charge is 0.261 e. The molecule has 0 saturated heterocycles. The van der Waals surface area contributed by atoms with Crippen LogP contribution >= 0.6 is 0 Å². The Labute approximate surface area is 193 Å². The summed E-state index contributed by atoms with van der Waals surface area (Å²) in [5.74, 6) is 0.722. The molecule has 0 spiro atoms. The third-order valence-electron chi connectivity index (χ3n) is 5.65. The highest BCUT2D eigenvalue weighted by Crippen LogP contribution is 2.25. The summed E-state index contributed by atoms with van der Waals surface area (Å²) in [4.78, 5) is 4.80. The standard InChI is InChI=1S/C28H25N5/c1-19-14-21(3)27-25(15-19)20(2)16-26(30-27)31-29-17-23-18-33(24-12-8-5-9-13-24)32-28(23)22-10-6-4-7-11-22/h4-18H,1-3H3,(H,30,31). The third-order valence-corrected chi connectivity index (χ3v) is 5.65. The second kappa shape index (κ2) is 8.71. The maximum Gasteiger partial charge on any atom is 0.147 e. The topological polar surface area (TPSA) is 55.1 Å². The molecule has 0 aliphatic rings. The van der Waals surface area contributed by atoms with Crippen molar-refractivity contribution in [3.8, 4) is 16.9 Å². The van der Waals surface area contributed by atoms with Gasteiger partial charge in [0.1, 0.15) is 11.5 Å². The summed E-state index contributed by atoms with van der Waals surface area (Å²) < 4.78 is 1.88. The lowest BCUT2D eigenvalue weighted by Gasteiger charge is -2.09. The molecule has 0 unspecified atom stereocenters. The number of pyridine rings is 1. The molecule has 0 fully saturated rings. The highest BCUT2D eigenvalue weighted by Gasteiger charge is 2.11. The molecule has 5 nitrogen and oxygen atoms in total. The summed E-state index contributed by atoms with van der Waals surface area (Å²) in [6.45, 7) is 6.32. The Bertz CT molecular complexity index is 1450. The second-order valence-electron chi connectivity index (χ2n) is 8.25. The van der Waals surface area contributed by atoms with Crippen LogP contribution in [0.3, 0.4) is 0 Å². The fourth-order valence-corrected chi connectivity index (χ4v) is 4.08. The number of hydrogen-bond acceptors (Lipinski definition) is 4. The van der Waals surface area contributed by atoms with Crippen molar-refractivity contribution in [2.45, 2.75) is 20.8 Å². The van der Waals surface area contributed by atoms with E-state index >= 15 is 0 Å². The molecular formula is C28H25N5. The van der Waals surface area contributed by atoms with Gasteiger partial charge >= 0.3 is 0 Å². The van der Waals surface area contributed by atoms with Gasteiger partial charge in [-0.25, -0.2) is 9.67 Å². The molecule has 0 saturated carbocycles. The molecule has 1 N–H and O–H groups in total. The van der Waals surface area contributed by atoms with E-state index in [9.17, 15) is 0 Å². The summed E-state index contributed by atoms with van der Waals surface area (Å²) >= 11 is 0. The van der Waals surface area contributed by atoms with Crippen LogP contribution in [0.4, 0.5) is 5.82 Å². The van der Waals surface area contributed by atoms with Crippen LogP contribution in [0.15, 0.2) is 90.2 Å². The van der Waals surface area contributed by atoms with Crippen LogP contribution in [0, 0.1) is 20.8 Å². The van der Waals surface area contributed by atoms with Gasteiger partial charge in [-0.2, -0.15) is 10.2 Å². The van der Waals surface area contributed by atoms with Crippen LogP contribution in [0.1, 0.15) is 22.3 Å². The molecule has 5 rings (SSSR count). The van der Waals surface area contributed by atoms with Gasteiger partial charge in [-0.15, -0.1) is 0 Å². The average Bonchev–Trinajstić information content (AvgIpc) is 3.25. The molecule has 0 aliphatic carbocycles. The summed E-state index contributed by atoms with van der Waals surface area (Å²) in [6, 6.07) is 26.6. The van der Waals surface area contributed by atoms with E-state index in [-0.39, 0.29) is 0 Å². The molecule has 2 aromatic heterocycles. The van der Waals surface area contributed by atoms with Gasteiger partial charge in [-0.1, -0.05) is 60.2 Å². The van der Waals surface area contributed by atoms with Gasteiger partial charge < -0.3 is 0 Å². The number of hydrazone groups is 1. The van der Waals surface area contributed by atoms with Crippen molar-refractivity contribution in [1.82, 2.24) is 14.8 Å². The number of para-hydroxylation sites is 1. The van der Waals surface area contributed by atoms with Gasteiger partial charge in [0.2, 0.25) is 0 Å². The normalized spacial score (nSPS) is 11.4. The number of aryl methyl sites for hydroxylation is 3. The van der Waals surface area contributed by atoms with Crippen molar-refractivity contribution in [3.63, 3.8) is 0 Å². The van der Waals surface area contributed by atoms with Crippen LogP contribution in [0.2, 0.25) is 0 Å². The molecule has 0 radical (unpaired) electrons. The number of hydrogen-bond donors (Lipinski definition) is 1. The lowest BCUT2D eigenvalue weighted by Crippen LogP contribution is -1.97. The number of aromatic nitrogens is 3. The van der Waals surface area contributed by atoms with Crippen LogP contribution in [-0.2, 0) is 0 Å². The zero-order valence-corrected chi connectivity index (χ0v) is 18.9. The zero-order chi connectivity index (χ0) is 22.8. The maximum absolute atomic E-state index is 4.83. The minimum Gasteiger partial charge on any atom is -0.261 e. The van der Waals surface area contributed by atoms with Crippen molar-refractivity contribution in [2.24, 2.45) is 5.10 Å². The Kier molecular flexibility index (Phi) is 5.45. The molecule has 0 atom stereocenters. The van der Waals surface area contributed by atoms with Crippen LogP contribution in [0.25, 0.3) is 27.8 Å². The van der Waals surface area contributed by atoms with E-state index in [0.29, 0.717) is 0 Å². The van der Waals surface area contributed by atoms with Crippen molar-refractivity contribution in [2.75, 3.05) is 5.43 Å². The maximum atomic E-state index is 4.83. The molecule has 0 amide bonds. The molecular weight excluding hydrogens is 406 g/mol. The lowest BCUT2D eigenvalue weighted by atomic mass is 10.0. The SMILES string of the molecule is Cc1cc(C)c2nc(NN=Cc3cn(-c4ccccc4)nc3-c3ccccc3)cc(C)c2c1. The first-order valence-electron chi connectivity index (χ1n) is 11.0. The molecule has 0 aliphatic heterocycles. The van der Waals surface area contributed by atoms with Gasteiger partial charge in [0, 0.05) is 22.7 Å². The van der Waals surface area contributed by atoms with Crippen molar-refractivity contribution in [1.29, 1.82) is 0 Å². The first-order valence-corrected chi connectivity index (χ1v) is 11.0. The first kappa shape index (κ1) is 20.6. The number of benzene rings is 3. The van der Waals surface area contributed by atoms with E-state index in [4.69, 9.17) is 10.1 Å². The molecule has 5 heteroatoms. The van der Waals surface area contributed by atoms with Crippen molar-refractivity contribution < 1.29 is 0 Å².